The lowest BCUT2D eigenvalue weighted by Gasteiger charge is -2.19. The fourth-order valence-electron chi connectivity index (χ4n) is 2.26. The molecule has 1 heterocycles. The molecule has 2 rings (SSSR count). The van der Waals surface area contributed by atoms with Gasteiger partial charge < -0.3 is 9.64 Å². The van der Waals surface area contributed by atoms with Crippen molar-refractivity contribution in [3.8, 4) is 0 Å². The van der Waals surface area contributed by atoms with Crippen molar-refractivity contribution >= 4 is 22.8 Å². The number of aromatic nitrogens is 2. The number of rotatable bonds is 5. The van der Waals surface area contributed by atoms with Gasteiger partial charge in [-0.3, -0.25) is 14.3 Å². The van der Waals surface area contributed by atoms with Crippen molar-refractivity contribution in [1.29, 1.82) is 0 Å². The molecule has 0 saturated carbocycles. The maximum Gasteiger partial charge on any atom is 0.325 e. The van der Waals surface area contributed by atoms with E-state index in [1.54, 1.807) is 11.7 Å². The molecule has 1 amide bonds. The number of ether oxygens (including phenoxy) is 1. The van der Waals surface area contributed by atoms with Crippen molar-refractivity contribution in [2.24, 2.45) is 7.05 Å². The Balaban J connectivity index is 2.36. The van der Waals surface area contributed by atoms with Crippen LogP contribution in [0.15, 0.2) is 24.3 Å². The Morgan fingerprint density at radius 3 is 2.71 bits per heavy atom. The van der Waals surface area contributed by atoms with Crippen molar-refractivity contribution in [2.75, 3.05) is 20.2 Å². The Labute approximate surface area is 123 Å². The van der Waals surface area contributed by atoms with Gasteiger partial charge in [-0.1, -0.05) is 25.1 Å². The lowest BCUT2D eigenvalue weighted by molar-refractivity contribution is -0.141. The summed E-state index contributed by atoms with van der Waals surface area (Å²) in [6.45, 7) is 2.38. The molecule has 6 nitrogen and oxygen atoms in total. The summed E-state index contributed by atoms with van der Waals surface area (Å²) in [6.07, 6.45) is 0.757. The van der Waals surface area contributed by atoms with E-state index in [-0.39, 0.29) is 12.5 Å². The molecule has 0 radical (unpaired) electrons. The SMILES string of the molecule is CCCN(CC(=O)OC)C(=O)c1nn(C)c2ccccc12. The standard InChI is InChI=1S/C15H19N3O3/c1-4-9-18(10-13(19)21-3)15(20)14-11-7-5-6-8-12(11)17(2)16-14/h5-8H,4,9-10H2,1-3H3. The van der Waals surface area contributed by atoms with E-state index in [2.05, 4.69) is 9.84 Å². The molecule has 2 aromatic rings. The lowest BCUT2D eigenvalue weighted by Crippen LogP contribution is -2.37. The summed E-state index contributed by atoms with van der Waals surface area (Å²) in [7, 11) is 3.11. The molecule has 112 valence electrons. The van der Waals surface area contributed by atoms with Crippen molar-refractivity contribution < 1.29 is 14.3 Å². The molecule has 0 N–H and O–H groups in total. The first kappa shape index (κ1) is 15.0. The lowest BCUT2D eigenvalue weighted by atomic mass is 10.2. The fourth-order valence-corrected chi connectivity index (χ4v) is 2.26. The van der Waals surface area contributed by atoms with Crippen LogP contribution in [0.1, 0.15) is 23.8 Å². The Kier molecular flexibility index (Phi) is 4.57. The highest BCUT2D eigenvalue weighted by atomic mass is 16.5. The molecule has 1 aromatic heterocycles. The average Bonchev–Trinajstić information content (AvgIpc) is 2.83. The van der Waals surface area contributed by atoms with Gasteiger partial charge in [0.2, 0.25) is 0 Å². The number of amides is 1. The third-order valence-corrected chi connectivity index (χ3v) is 3.29. The summed E-state index contributed by atoms with van der Waals surface area (Å²) in [5, 5.41) is 5.09. The maximum absolute atomic E-state index is 12.7. The van der Waals surface area contributed by atoms with E-state index in [4.69, 9.17) is 0 Å². The van der Waals surface area contributed by atoms with Gasteiger partial charge >= 0.3 is 5.97 Å². The summed E-state index contributed by atoms with van der Waals surface area (Å²) >= 11 is 0. The number of esters is 1. The van der Waals surface area contributed by atoms with Gasteiger partial charge in [0.1, 0.15) is 6.54 Å². The minimum atomic E-state index is -0.433. The number of benzene rings is 1. The smallest absolute Gasteiger partial charge is 0.325 e. The van der Waals surface area contributed by atoms with E-state index in [0.29, 0.717) is 12.2 Å². The van der Waals surface area contributed by atoms with Crippen LogP contribution >= 0.6 is 0 Å². The monoisotopic (exact) mass is 289 g/mol. The first-order chi connectivity index (χ1) is 10.1. The van der Waals surface area contributed by atoms with Gasteiger partial charge in [-0.05, 0) is 12.5 Å². The Hall–Kier alpha value is -2.37. The molecule has 0 aliphatic carbocycles. The quantitative estimate of drug-likeness (QED) is 0.784. The largest absolute Gasteiger partial charge is 0.468 e. The second-order valence-electron chi connectivity index (χ2n) is 4.79. The van der Waals surface area contributed by atoms with Gasteiger partial charge in [0.25, 0.3) is 5.91 Å². The normalized spacial score (nSPS) is 10.6. The van der Waals surface area contributed by atoms with Crippen LogP contribution in [-0.4, -0.2) is 46.8 Å². The number of fused-ring (bicyclic) bond motifs is 1. The average molecular weight is 289 g/mol. The van der Waals surface area contributed by atoms with Crippen LogP contribution in [0.25, 0.3) is 10.9 Å². The zero-order valence-electron chi connectivity index (χ0n) is 12.5. The number of carbonyl (C=O) groups excluding carboxylic acids is 2. The molecular formula is C15H19N3O3. The van der Waals surface area contributed by atoms with Crippen molar-refractivity contribution in [3.63, 3.8) is 0 Å². The molecule has 6 heteroatoms. The zero-order chi connectivity index (χ0) is 15.4. The van der Waals surface area contributed by atoms with Crippen LogP contribution in [-0.2, 0) is 16.6 Å². The highest BCUT2D eigenvalue weighted by Crippen LogP contribution is 2.19. The van der Waals surface area contributed by atoms with Gasteiger partial charge in [0, 0.05) is 19.0 Å². The molecular weight excluding hydrogens is 270 g/mol. The molecule has 0 aliphatic heterocycles. The Morgan fingerprint density at radius 1 is 1.33 bits per heavy atom. The summed E-state index contributed by atoms with van der Waals surface area (Å²) in [5.74, 6) is -0.684. The highest BCUT2D eigenvalue weighted by Gasteiger charge is 2.23. The molecule has 0 bridgehead atoms. The van der Waals surface area contributed by atoms with Crippen LogP contribution < -0.4 is 0 Å². The predicted molar refractivity (Wildman–Crippen MR) is 78.9 cm³/mol. The van der Waals surface area contributed by atoms with E-state index < -0.39 is 5.97 Å². The minimum Gasteiger partial charge on any atom is -0.468 e. The Bertz CT molecular complexity index is 663. The van der Waals surface area contributed by atoms with E-state index in [9.17, 15) is 9.59 Å². The van der Waals surface area contributed by atoms with Crippen LogP contribution in [0, 0.1) is 0 Å². The first-order valence-electron chi connectivity index (χ1n) is 6.86. The molecule has 0 atom stereocenters. The third kappa shape index (κ3) is 3.04. The molecule has 0 fully saturated rings. The van der Waals surface area contributed by atoms with Crippen molar-refractivity contribution in [3.05, 3.63) is 30.0 Å². The molecule has 1 aromatic carbocycles. The summed E-state index contributed by atoms with van der Waals surface area (Å²) in [4.78, 5) is 25.6. The van der Waals surface area contributed by atoms with Crippen LogP contribution in [0.5, 0.6) is 0 Å². The van der Waals surface area contributed by atoms with Gasteiger partial charge in [0.05, 0.1) is 12.6 Å². The summed E-state index contributed by atoms with van der Waals surface area (Å²) < 4.78 is 6.32. The number of carbonyl (C=O) groups is 2. The second-order valence-corrected chi connectivity index (χ2v) is 4.79. The third-order valence-electron chi connectivity index (χ3n) is 3.29. The van der Waals surface area contributed by atoms with Crippen molar-refractivity contribution in [1.82, 2.24) is 14.7 Å². The minimum absolute atomic E-state index is 0.0614. The van der Waals surface area contributed by atoms with Gasteiger partial charge in [-0.15, -0.1) is 0 Å². The number of methoxy groups -OCH3 is 1. The van der Waals surface area contributed by atoms with Gasteiger partial charge in [0.15, 0.2) is 5.69 Å². The number of para-hydroxylation sites is 1. The molecule has 0 unspecified atom stereocenters. The van der Waals surface area contributed by atoms with Gasteiger partial charge in [-0.25, -0.2) is 0 Å². The number of aryl methyl sites for hydroxylation is 1. The molecule has 0 aliphatic rings. The van der Waals surface area contributed by atoms with E-state index >= 15 is 0 Å². The molecule has 0 saturated heterocycles. The molecule has 21 heavy (non-hydrogen) atoms. The number of hydrogen-bond donors (Lipinski definition) is 0. The topological polar surface area (TPSA) is 64.4 Å². The molecule has 0 spiro atoms. The van der Waals surface area contributed by atoms with E-state index in [1.807, 2.05) is 31.2 Å². The summed E-state index contributed by atoms with van der Waals surface area (Å²) in [5.41, 5.74) is 1.25. The maximum atomic E-state index is 12.7. The van der Waals surface area contributed by atoms with Crippen LogP contribution in [0.2, 0.25) is 0 Å². The van der Waals surface area contributed by atoms with Gasteiger partial charge in [-0.2, -0.15) is 5.10 Å². The second kappa shape index (κ2) is 6.39. The zero-order valence-corrected chi connectivity index (χ0v) is 12.5. The summed E-state index contributed by atoms with van der Waals surface area (Å²) in [6, 6.07) is 7.53. The Morgan fingerprint density at radius 2 is 2.05 bits per heavy atom. The van der Waals surface area contributed by atoms with Crippen LogP contribution in [0.3, 0.4) is 0 Å². The first-order valence-corrected chi connectivity index (χ1v) is 6.86. The number of nitrogens with zero attached hydrogens (tertiary/aromatic N) is 3. The van der Waals surface area contributed by atoms with E-state index in [1.165, 1.54) is 12.0 Å². The van der Waals surface area contributed by atoms with Crippen molar-refractivity contribution in [2.45, 2.75) is 13.3 Å². The predicted octanol–water partition coefficient (Wildman–Crippen LogP) is 1.60. The highest BCUT2D eigenvalue weighted by molar-refractivity contribution is 6.05. The number of hydrogen-bond acceptors (Lipinski definition) is 4. The van der Waals surface area contributed by atoms with E-state index in [0.717, 1.165) is 17.3 Å². The van der Waals surface area contributed by atoms with Crippen LogP contribution in [0.4, 0.5) is 0 Å². The fraction of sp³-hybridized carbons (Fsp3) is 0.400.